The van der Waals surface area contributed by atoms with Crippen LogP contribution >= 0.6 is 0 Å². The number of nitrogens with one attached hydrogen (secondary N) is 1. The van der Waals surface area contributed by atoms with Crippen molar-refractivity contribution >= 4 is 21.6 Å². The summed E-state index contributed by atoms with van der Waals surface area (Å²) in [6.45, 7) is 5.85. The number of carbonyl (C=O) groups is 1. The molecule has 5 nitrogen and oxygen atoms in total. The molecule has 0 heterocycles. The Balaban J connectivity index is 1.84. The lowest BCUT2D eigenvalue weighted by Gasteiger charge is -2.26. The molecule has 3 aromatic rings. The van der Waals surface area contributed by atoms with Crippen molar-refractivity contribution in [1.82, 2.24) is 5.32 Å². The Morgan fingerprint density at radius 2 is 1.55 bits per heavy atom. The summed E-state index contributed by atoms with van der Waals surface area (Å²) in [5.41, 5.74) is 4.39. The first-order valence-corrected chi connectivity index (χ1v) is 11.7. The van der Waals surface area contributed by atoms with Gasteiger partial charge in [-0.05, 0) is 62.1 Å². The van der Waals surface area contributed by atoms with Gasteiger partial charge in [0.05, 0.1) is 10.6 Å². The highest BCUT2D eigenvalue weighted by Crippen LogP contribution is 2.28. The lowest BCUT2D eigenvalue weighted by molar-refractivity contribution is -0.119. The molecule has 0 spiro atoms. The molecule has 0 fully saturated rings. The minimum Gasteiger partial charge on any atom is -0.354 e. The Kier molecular flexibility index (Phi) is 7.13. The molecule has 3 aromatic carbocycles. The van der Waals surface area contributed by atoms with E-state index in [9.17, 15) is 13.2 Å². The summed E-state index contributed by atoms with van der Waals surface area (Å²) in [7, 11) is -3.91. The van der Waals surface area contributed by atoms with Gasteiger partial charge >= 0.3 is 0 Å². The molecule has 0 aromatic heterocycles. The SMILES string of the molecule is Cc1ccc(S(=O)(=O)N(CC(=O)NCCc2ccccc2)c2cccc(C)c2C)cc1. The summed E-state index contributed by atoms with van der Waals surface area (Å²) >= 11 is 0. The monoisotopic (exact) mass is 436 g/mol. The maximum absolute atomic E-state index is 13.5. The summed E-state index contributed by atoms with van der Waals surface area (Å²) in [5, 5.41) is 2.85. The van der Waals surface area contributed by atoms with Crippen molar-refractivity contribution in [3.05, 3.63) is 95.1 Å². The Labute approximate surface area is 184 Å². The minimum atomic E-state index is -3.91. The summed E-state index contributed by atoms with van der Waals surface area (Å²) in [5.74, 6) is -0.340. The Morgan fingerprint density at radius 3 is 2.23 bits per heavy atom. The van der Waals surface area contributed by atoms with Crippen LogP contribution in [0.1, 0.15) is 22.3 Å². The molecule has 0 saturated carbocycles. The molecule has 6 heteroatoms. The second-order valence-corrected chi connectivity index (χ2v) is 9.49. The summed E-state index contributed by atoms with van der Waals surface area (Å²) < 4.78 is 28.2. The topological polar surface area (TPSA) is 66.5 Å². The molecule has 1 N–H and O–H groups in total. The van der Waals surface area contributed by atoms with Crippen LogP contribution < -0.4 is 9.62 Å². The zero-order valence-electron chi connectivity index (χ0n) is 18.1. The molecule has 0 radical (unpaired) electrons. The number of benzene rings is 3. The lowest BCUT2D eigenvalue weighted by atomic mass is 10.1. The number of hydrogen-bond donors (Lipinski definition) is 1. The van der Waals surface area contributed by atoms with Crippen LogP contribution in [-0.4, -0.2) is 27.4 Å². The standard InChI is InChI=1S/C25H28N2O3S/c1-19-12-14-23(15-13-19)31(29,30)27(24-11-7-8-20(2)21(24)3)18-25(28)26-17-16-22-9-5-4-6-10-22/h4-15H,16-18H2,1-3H3,(H,26,28). The van der Waals surface area contributed by atoms with E-state index in [-0.39, 0.29) is 17.3 Å². The molecular formula is C25H28N2O3S. The van der Waals surface area contributed by atoms with Gasteiger partial charge < -0.3 is 5.32 Å². The zero-order valence-corrected chi connectivity index (χ0v) is 18.9. The van der Waals surface area contributed by atoms with Gasteiger partial charge in [0.1, 0.15) is 6.54 Å². The van der Waals surface area contributed by atoms with E-state index in [4.69, 9.17) is 0 Å². The van der Waals surface area contributed by atoms with Crippen LogP contribution in [0.5, 0.6) is 0 Å². The van der Waals surface area contributed by atoms with Gasteiger partial charge in [-0.1, -0.05) is 60.2 Å². The van der Waals surface area contributed by atoms with Crippen molar-refractivity contribution < 1.29 is 13.2 Å². The van der Waals surface area contributed by atoms with Gasteiger partial charge in [0.2, 0.25) is 5.91 Å². The number of hydrogen-bond acceptors (Lipinski definition) is 3. The van der Waals surface area contributed by atoms with E-state index in [0.29, 0.717) is 18.7 Å². The van der Waals surface area contributed by atoms with Crippen molar-refractivity contribution in [2.24, 2.45) is 0 Å². The van der Waals surface area contributed by atoms with Gasteiger partial charge in [0.15, 0.2) is 0 Å². The molecule has 3 rings (SSSR count). The summed E-state index contributed by atoms with van der Waals surface area (Å²) in [6, 6.07) is 22.0. The minimum absolute atomic E-state index is 0.163. The molecular weight excluding hydrogens is 408 g/mol. The Morgan fingerprint density at radius 1 is 0.871 bits per heavy atom. The largest absolute Gasteiger partial charge is 0.354 e. The average molecular weight is 437 g/mol. The third kappa shape index (κ3) is 5.52. The van der Waals surface area contributed by atoms with Gasteiger partial charge in [-0.2, -0.15) is 0 Å². The summed E-state index contributed by atoms with van der Waals surface area (Å²) in [6.07, 6.45) is 0.681. The van der Waals surface area contributed by atoms with Crippen LogP contribution in [0.15, 0.2) is 77.7 Å². The number of anilines is 1. The van der Waals surface area contributed by atoms with E-state index >= 15 is 0 Å². The molecule has 0 aliphatic carbocycles. The predicted molar refractivity (Wildman–Crippen MR) is 125 cm³/mol. The van der Waals surface area contributed by atoms with Gasteiger partial charge in [-0.25, -0.2) is 8.42 Å². The summed E-state index contributed by atoms with van der Waals surface area (Å²) in [4.78, 5) is 12.9. The fourth-order valence-corrected chi connectivity index (χ4v) is 4.80. The normalized spacial score (nSPS) is 11.2. The number of amides is 1. The molecule has 0 atom stereocenters. The number of rotatable bonds is 8. The van der Waals surface area contributed by atoms with Crippen LogP contribution in [-0.2, 0) is 21.2 Å². The van der Waals surface area contributed by atoms with Crippen molar-refractivity contribution in [3.63, 3.8) is 0 Å². The number of nitrogens with zero attached hydrogens (tertiary/aromatic N) is 1. The maximum Gasteiger partial charge on any atom is 0.264 e. The van der Waals surface area contributed by atoms with Crippen LogP contribution in [0.25, 0.3) is 0 Å². The average Bonchev–Trinajstić information content (AvgIpc) is 2.75. The van der Waals surface area contributed by atoms with E-state index < -0.39 is 10.0 Å². The molecule has 0 unspecified atom stereocenters. The van der Waals surface area contributed by atoms with Crippen LogP contribution in [0, 0.1) is 20.8 Å². The number of sulfonamides is 1. The first-order chi connectivity index (χ1) is 14.8. The molecule has 162 valence electrons. The van der Waals surface area contributed by atoms with Crippen molar-refractivity contribution in [1.29, 1.82) is 0 Å². The van der Waals surface area contributed by atoms with E-state index in [1.807, 2.05) is 63.2 Å². The van der Waals surface area contributed by atoms with Gasteiger partial charge in [-0.15, -0.1) is 0 Å². The lowest BCUT2D eigenvalue weighted by Crippen LogP contribution is -2.41. The van der Waals surface area contributed by atoms with Crippen LogP contribution in [0.4, 0.5) is 5.69 Å². The highest BCUT2D eigenvalue weighted by molar-refractivity contribution is 7.92. The molecule has 0 bridgehead atoms. The fourth-order valence-electron chi connectivity index (χ4n) is 3.32. The third-order valence-corrected chi connectivity index (χ3v) is 7.09. The first kappa shape index (κ1) is 22.6. The Bertz CT molecular complexity index is 1140. The molecule has 0 aliphatic rings. The van der Waals surface area contributed by atoms with E-state index in [0.717, 1.165) is 22.3 Å². The van der Waals surface area contributed by atoms with Gasteiger partial charge in [0, 0.05) is 6.54 Å². The smallest absolute Gasteiger partial charge is 0.264 e. The van der Waals surface area contributed by atoms with Crippen molar-refractivity contribution in [3.8, 4) is 0 Å². The molecule has 0 saturated heterocycles. The van der Waals surface area contributed by atoms with Gasteiger partial charge in [-0.3, -0.25) is 9.10 Å². The molecule has 0 aliphatic heterocycles. The van der Waals surface area contributed by atoms with Crippen molar-refractivity contribution in [2.75, 3.05) is 17.4 Å². The second kappa shape index (κ2) is 9.79. The van der Waals surface area contributed by atoms with Gasteiger partial charge in [0.25, 0.3) is 10.0 Å². The highest BCUT2D eigenvalue weighted by atomic mass is 32.2. The molecule has 1 amide bonds. The molecule has 31 heavy (non-hydrogen) atoms. The maximum atomic E-state index is 13.5. The highest BCUT2D eigenvalue weighted by Gasteiger charge is 2.28. The Hall–Kier alpha value is -3.12. The quantitative estimate of drug-likeness (QED) is 0.576. The zero-order chi connectivity index (χ0) is 22.4. The van der Waals surface area contributed by atoms with Crippen LogP contribution in [0.2, 0.25) is 0 Å². The van der Waals surface area contributed by atoms with E-state index in [1.165, 1.54) is 4.31 Å². The van der Waals surface area contributed by atoms with E-state index in [1.54, 1.807) is 30.3 Å². The van der Waals surface area contributed by atoms with Crippen LogP contribution in [0.3, 0.4) is 0 Å². The number of carbonyl (C=O) groups excluding carboxylic acids is 1. The third-order valence-electron chi connectivity index (χ3n) is 5.32. The fraction of sp³-hybridized carbons (Fsp3) is 0.240. The second-order valence-electron chi connectivity index (χ2n) is 7.63. The van der Waals surface area contributed by atoms with Crippen molar-refractivity contribution in [2.45, 2.75) is 32.1 Å². The van der Waals surface area contributed by atoms with E-state index in [2.05, 4.69) is 5.32 Å². The first-order valence-electron chi connectivity index (χ1n) is 10.3. The predicted octanol–water partition coefficient (Wildman–Crippen LogP) is 4.17. The number of aryl methyl sites for hydroxylation is 2.